The van der Waals surface area contributed by atoms with Gasteiger partial charge in [-0.3, -0.25) is 0 Å². The number of hydrogen-bond acceptors (Lipinski definition) is 3. The first-order chi connectivity index (χ1) is 25.8. The Morgan fingerprint density at radius 2 is 0.830 bits per heavy atom. The molecule has 0 aromatic heterocycles. The van der Waals surface area contributed by atoms with Crippen molar-refractivity contribution in [3.8, 4) is 0 Å². The molecule has 2 rings (SSSR count). The minimum atomic E-state index is -4.06. The molecule has 0 N–H and O–H groups in total. The van der Waals surface area contributed by atoms with Crippen molar-refractivity contribution < 1.29 is 12.4 Å². The molecule has 0 unspecified atom stereocenters. The molecule has 53 heavy (non-hydrogen) atoms. The van der Waals surface area contributed by atoms with Crippen LogP contribution in [0.2, 0.25) is 0 Å². The van der Waals surface area contributed by atoms with Gasteiger partial charge in [-0.1, -0.05) is 20.3 Å². The molecular formula is C48H85O3PS. The monoisotopic (exact) mass is 773 g/mol. The first-order valence-electron chi connectivity index (χ1n) is 22.9. The fourth-order valence-corrected chi connectivity index (χ4v) is 18.5. The zero-order valence-corrected chi connectivity index (χ0v) is 37.5. The standard InChI is InChI=1S/C48H85O3PS/c1-7-13-19-22-25-29-34-44-39-40-48(47(38-33-27-24-21-15-9-3)46(44)37-32-26-23-20-14-8-2)53(49,50)51-52(41-16-10-4,42-17-11-5,43-18-12-6)45-35-30-28-31-36-45/h28,30-31,35-36,39-40H,7-27,29,32-34,37-38,41-43H2,1-6H3. The summed E-state index contributed by atoms with van der Waals surface area (Å²) in [5.41, 5.74) is 3.85. The van der Waals surface area contributed by atoms with Gasteiger partial charge in [-0.2, -0.15) is 0 Å². The van der Waals surface area contributed by atoms with E-state index >= 15 is 8.42 Å². The Morgan fingerprint density at radius 1 is 0.434 bits per heavy atom. The summed E-state index contributed by atoms with van der Waals surface area (Å²) in [7, 11) is -4.06. The first kappa shape index (κ1) is 47.9. The van der Waals surface area contributed by atoms with E-state index < -0.39 is 16.9 Å². The molecule has 0 bridgehead atoms. The molecular weight excluding hydrogens is 688 g/mol. The average molecular weight is 773 g/mol. The van der Waals surface area contributed by atoms with Gasteiger partial charge in [0.05, 0.1) is 0 Å². The minimum Gasteiger partial charge on any atom is -0.0654 e. The predicted molar refractivity (Wildman–Crippen MR) is 238 cm³/mol. The molecule has 0 saturated carbocycles. The molecule has 0 radical (unpaired) electrons. The van der Waals surface area contributed by atoms with Crippen molar-refractivity contribution in [1.82, 2.24) is 0 Å². The third-order valence-corrected chi connectivity index (χ3v) is 20.8. The topological polar surface area (TPSA) is 43.4 Å². The van der Waals surface area contributed by atoms with E-state index in [1.807, 2.05) is 6.07 Å². The predicted octanol–water partition coefficient (Wildman–Crippen LogP) is 15.3. The van der Waals surface area contributed by atoms with Gasteiger partial charge < -0.3 is 0 Å². The van der Waals surface area contributed by atoms with Crippen LogP contribution in [0.5, 0.6) is 0 Å². The molecule has 306 valence electrons. The van der Waals surface area contributed by atoms with Crippen LogP contribution < -0.4 is 5.30 Å². The van der Waals surface area contributed by atoms with Crippen molar-refractivity contribution in [2.75, 3.05) is 18.5 Å². The van der Waals surface area contributed by atoms with Crippen LogP contribution in [0.1, 0.15) is 212 Å². The van der Waals surface area contributed by atoms with Crippen LogP contribution in [0.25, 0.3) is 0 Å². The summed E-state index contributed by atoms with van der Waals surface area (Å²) in [6, 6.07) is 14.9. The average Bonchev–Trinajstić information content (AvgIpc) is 3.17. The number of unbranched alkanes of at least 4 members (excludes halogenated alkanes) is 18. The maximum absolute atomic E-state index is 15.4. The van der Waals surface area contributed by atoms with Crippen LogP contribution in [-0.2, 0) is 33.4 Å². The van der Waals surface area contributed by atoms with E-state index in [-0.39, 0.29) is 0 Å². The second-order valence-electron chi connectivity index (χ2n) is 16.5. The van der Waals surface area contributed by atoms with E-state index in [4.69, 9.17) is 3.97 Å². The fraction of sp³-hybridized carbons (Fsp3) is 0.750. The van der Waals surface area contributed by atoms with Crippen LogP contribution >= 0.6 is 6.83 Å². The summed E-state index contributed by atoms with van der Waals surface area (Å²) in [5, 5.41) is 1.17. The van der Waals surface area contributed by atoms with Crippen molar-refractivity contribution in [2.24, 2.45) is 0 Å². The van der Waals surface area contributed by atoms with Gasteiger partial charge in [0.2, 0.25) is 0 Å². The minimum absolute atomic E-state index is 0.494. The molecule has 0 fully saturated rings. The number of rotatable bonds is 34. The van der Waals surface area contributed by atoms with E-state index in [1.54, 1.807) is 0 Å². The summed E-state index contributed by atoms with van der Waals surface area (Å²) >= 11 is 0. The van der Waals surface area contributed by atoms with Crippen molar-refractivity contribution in [2.45, 2.75) is 220 Å². The molecule has 5 heteroatoms. The summed E-state index contributed by atoms with van der Waals surface area (Å²) in [4.78, 5) is 0.494. The van der Waals surface area contributed by atoms with E-state index in [9.17, 15) is 0 Å². The van der Waals surface area contributed by atoms with Crippen molar-refractivity contribution >= 4 is 22.3 Å². The SMILES string of the molecule is CCCCCCCCc1ccc(S(=O)(=O)OP(CCCC)(CCCC)(CCCC)c2ccccc2)c(CCCCCCCC)c1CCCCCCCC. The normalized spacial score (nSPS) is 13.0. The fourth-order valence-electron chi connectivity index (χ4n) is 8.59. The molecule has 0 atom stereocenters. The van der Waals surface area contributed by atoms with Gasteiger partial charge in [0.25, 0.3) is 0 Å². The Bertz CT molecular complexity index is 1300. The summed E-state index contributed by atoms with van der Waals surface area (Å²) in [6.45, 7) is 10.1. The molecule has 0 spiro atoms. The van der Waals surface area contributed by atoms with Gasteiger partial charge in [-0.25, -0.2) is 0 Å². The smallest absolute Gasteiger partial charge is 0.0654 e. The van der Waals surface area contributed by atoms with Gasteiger partial charge in [0.15, 0.2) is 0 Å². The summed E-state index contributed by atoms with van der Waals surface area (Å²) < 4.78 is 38.1. The van der Waals surface area contributed by atoms with Crippen LogP contribution in [0.3, 0.4) is 0 Å². The Balaban J connectivity index is 2.74. The Labute approximate surface area is 330 Å². The van der Waals surface area contributed by atoms with Gasteiger partial charge in [-0.05, 0) is 0 Å². The summed E-state index contributed by atoms with van der Waals surface area (Å²) in [5.74, 6) is 0. The van der Waals surface area contributed by atoms with E-state index in [1.165, 1.54) is 113 Å². The van der Waals surface area contributed by atoms with Crippen molar-refractivity contribution in [3.63, 3.8) is 0 Å². The van der Waals surface area contributed by atoms with Crippen molar-refractivity contribution in [3.05, 3.63) is 59.2 Å². The zero-order chi connectivity index (χ0) is 38.7. The first-order valence-corrected chi connectivity index (χ1v) is 27.1. The maximum atomic E-state index is 15.4. The number of aryl methyl sites for hydroxylation is 1. The Hall–Kier alpha value is -1.22. The van der Waals surface area contributed by atoms with Crippen LogP contribution in [0.15, 0.2) is 47.4 Å². The van der Waals surface area contributed by atoms with Crippen molar-refractivity contribution in [1.29, 1.82) is 0 Å². The molecule has 0 aliphatic heterocycles. The second-order valence-corrected chi connectivity index (χ2v) is 23.5. The van der Waals surface area contributed by atoms with Gasteiger partial charge >= 0.3 is 312 Å². The molecule has 0 heterocycles. The molecule has 0 aliphatic rings. The van der Waals surface area contributed by atoms with Crippen LogP contribution in [-0.4, -0.2) is 26.9 Å². The van der Waals surface area contributed by atoms with Gasteiger partial charge in [0, 0.05) is 0 Å². The third kappa shape index (κ3) is 16.0. The molecule has 2 aromatic rings. The molecule has 0 amide bonds. The Morgan fingerprint density at radius 3 is 1.28 bits per heavy atom. The van der Waals surface area contributed by atoms with Gasteiger partial charge in [0.1, 0.15) is 0 Å². The number of benzene rings is 2. The molecule has 2 aromatic carbocycles. The third-order valence-electron chi connectivity index (χ3n) is 11.9. The molecule has 0 aliphatic carbocycles. The quantitative estimate of drug-likeness (QED) is 0.0526. The van der Waals surface area contributed by atoms with Crippen LogP contribution in [0, 0.1) is 0 Å². The zero-order valence-electron chi connectivity index (χ0n) is 35.8. The van der Waals surface area contributed by atoms with Gasteiger partial charge in [-0.15, -0.1) is 0 Å². The van der Waals surface area contributed by atoms with Crippen LogP contribution in [0.4, 0.5) is 0 Å². The second kappa shape index (κ2) is 27.4. The van der Waals surface area contributed by atoms with E-state index in [2.05, 4.69) is 77.9 Å². The molecule has 0 saturated heterocycles. The number of hydrogen-bond donors (Lipinski definition) is 0. The summed E-state index contributed by atoms with van der Waals surface area (Å²) in [6.07, 6.45) is 33.8. The Kier molecular flexibility index (Phi) is 24.8. The molecule has 3 nitrogen and oxygen atoms in total. The van der Waals surface area contributed by atoms with E-state index in [0.29, 0.717) is 4.90 Å². The van der Waals surface area contributed by atoms with E-state index in [0.717, 1.165) is 101 Å².